The molecule has 5 nitrogen and oxygen atoms in total. The first-order valence-electron chi connectivity index (χ1n) is 5.51. The number of carbonyl (C=O) groups is 1. The van der Waals surface area contributed by atoms with Crippen molar-refractivity contribution in [3.05, 3.63) is 53.6 Å². The summed E-state index contributed by atoms with van der Waals surface area (Å²) in [6.45, 7) is 0. The zero-order valence-corrected chi connectivity index (χ0v) is 9.92. The van der Waals surface area contributed by atoms with Crippen molar-refractivity contribution in [2.24, 2.45) is 0 Å². The number of phenols is 1. The predicted octanol–water partition coefficient (Wildman–Crippen LogP) is 2.10. The van der Waals surface area contributed by atoms with Gasteiger partial charge in [0.1, 0.15) is 0 Å². The molecule has 0 aliphatic carbocycles. The molecule has 0 heterocycles. The van der Waals surface area contributed by atoms with Gasteiger partial charge in [-0.3, -0.25) is 4.79 Å². The molecular formula is C14H11N3O2. The number of hydrogen-bond acceptors (Lipinski definition) is 4. The van der Waals surface area contributed by atoms with Crippen LogP contribution in [0.2, 0.25) is 0 Å². The Kier molecular flexibility index (Phi) is 3.35. The van der Waals surface area contributed by atoms with Crippen LogP contribution >= 0.6 is 0 Å². The lowest BCUT2D eigenvalue weighted by Gasteiger charge is -2.08. The fourth-order valence-electron chi connectivity index (χ4n) is 1.61. The maximum Gasteiger partial charge on any atom is 0.259 e. The van der Waals surface area contributed by atoms with E-state index in [1.165, 1.54) is 12.1 Å². The molecule has 0 saturated heterocycles. The standard InChI is InChI=1S/C14H11N3O2/c15-8-9-3-1-4-10(7-9)17-14(19)11-5-2-6-12(16)13(11)18/h1-7,18H,16H2,(H,17,19). The summed E-state index contributed by atoms with van der Waals surface area (Å²) in [6, 6.07) is 13.0. The van der Waals surface area contributed by atoms with E-state index in [2.05, 4.69) is 5.32 Å². The SMILES string of the molecule is N#Cc1cccc(NC(=O)c2cccc(N)c2O)c1. The van der Waals surface area contributed by atoms with Crippen molar-refractivity contribution in [3.8, 4) is 11.8 Å². The van der Waals surface area contributed by atoms with Crippen LogP contribution < -0.4 is 11.1 Å². The van der Waals surface area contributed by atoms with Gasteiger partial charge in [0, 0.05) is 5.69 Å². The molecule has 4 N–H and O–H groups in total. The summed E-state index contributed by atoms with van der Waals surface area (Å²) in [5, 5.41) is 21.1. The van der Waals surface area contributed by atoms with Gasteiger partial charge in [-0.1, -0.05) is 12.1 Å². The smallest absolute Gasteiger partial charge is 0.259 e. The van der Waals surface area contributed by atoms with Crippen LogP contribution in [0, 0.1) is 11.3 Å². The van der Waals surface area contributed by atoms with Gasteiger partial charge in [0.2, 0.25) is 0 Å². The van der Waals surface area contributed by atoms with Crippen molar-refractivity contribution in [3.63, 3.8) is 0 Å². The van der Waals surface area contributed by atoms with Crippen LogP contribution in [0.4, 0.5) is 11.4 Å². The average molecular weight is 253 g/mol. The van der Waals surface area contributed by atoms with Crippen LogP contribution in [0.5, 0.6) is 5.75 Å². The molecule has 5 heteroatoms. The Morgan fingerprint density at radius 2 is 2.00 bits per heavy atom. The second-order valence-electron chi connectivity index (χ2n) is 3.89. The van der Waals surface area contributed by atoms with Crippen molar-refractivity contribution >= 4 is 17.3 Å². The fourth-order valence-corrected chi connectivity index (χ4v) is 1.61. The summed E-state index contributed by atoms with van der Waals surface area (Å²) in [4.78, 5) is 12.0. The fraction of sp³-hybridized carbons (Fsp3) is 0. The molecule has 0 saturated carbocycles. The van der Waals surface area contributed by atoms with Crippen LogP contribution in [0.25, 0.3) is 0 Å². The third-order valence-electron chi connectivity index (χ3n) is 2.56. The Balaban J connectivity index is 2.26. The number of nitrogens with one attached hydrogen (secondary N) is 1. The summed E-state index contributed by atoms with van der Waals surface area (Å²) in [6.07, 6.45) is 0. The number of nitrogen functional groups attached to an aromatic ring is 1. The van der Waals surface area contributed by atoms with Gasteiger partial charge in [0.05, 0.1) is 22.9 Å². The van der Waals surface area contributed by atoms with Gasteiger partial charge in [-0.2, -0.15) is 5.26 Å². The minimum absolute atomic E-state index is 0.0855. The molecule has 2 aromatic rings. The molecule has 0 fully saturated rings. The van der Waals surface area contributed by atoms with E-state index >= 15 is 0 Å². The number of nitriles is 1. The van der Waals surface area contributed by atoms with Crippen molar-refractivity contribution < 1.29 is 9.90 Å². The van der Waals surface area contributed by atoms with Gasteiger partial charge in [0.15, 0.2) is 5.75 Å². The molecule has 0 aliphatic rings. The van der Waals surface area contributed by atoms with E-state index in [9.17, 15) is 9.90 Å². The normalized spacial score (nSPS) is 9.63. The first-order valence-corrected chi connectivity index (χ1v) is 5.51. The number of amides is 1. The highest BCUT2D eigenvalue weighted by molar-refractivity contribution is 6.07. The van der Waals surface area contributed by atoms with Crippen molar-refractivity contribution in [2.45, 2.75) is 0 Å². The number of para-hydroxylation sites is 1. The Labute approximate surface area is 109 Å². The lowest BCUT2D eigenvalue weighted by molar-refractivity contribution is 0.102. The summed E-state index contributed by atoms with van der Waals surface area (Å²) < 4.78 is 0. The number of anilines is 2. The maximum absolute atomic E-state index is 12.0. The Morgan fingerprint density at radius 1 is 1.26 bits per heavy atom. The minimum atomic E-state index is -0.486. The number of aromatic hydroxyl groups is 1. The topological polar surface area (TPSA) is 99.1 Å². The van der Waals surface area contributed by atoms with Crippen LogP contribution in [0.3, 0.4) is 0 Å². The molecule has 94 valence electrons. The lowest BCUT2D eigenvalue weighted by atomic mass is 10.1. The number of hydrogen-bond donors (Lipinski definition) is 3. The summed E-state index contributed by atoms with van der Waals surface area (Å²) in [5.74, 6) is -0.740. The summed E-state index contributed by atoms with van der Waals surface area (Å²) in [7, 11) is 0. The molecule has 2 aromatic carbocycles. The Hall–Kier alpha value is -3.00. The van der Waals surface area contributed by atoms with E-state index in [1.54, 1.807) is 30.3 Å². The van der Waals surface area contributed by atoms with Crippen LogP contribution in [0.1, 0.15) is 15.9 Å². The van der Waals surface area contributed by atoms with E-state index in [0.29, 0.717) is 11.3 Å². The summed E-state index contributed by atoms with van der Waals surface area (Å²) in [5.41, 5.74) is 6.66. The third kappa shape index (κ3) is 2.64. The quantitative estimate of drug-likeness (QED) is 0.563. The molecule has 0 radical (unpaired) electrons. The predicted molar refractivity (Wildman–Crippen MR) is 71.6 cm³/mol. The van der Waals surface area contributed by atoms with Crippen LogP contribution in [-0.4, -0.2) is 11.0 Å². The van der Waals surface area contributed by atoms with E-state index < -0.39 is 5.91 Å². The van der Waals surface area contributed by atoms with Crippen molar-refractivity contribution in [1.29, 1.82) is 5.26 Å². The zero-order valence-electron chi connectivity index (χ0n) is 9.92. The zero-order chi connectivity index (χ0) is 13.8. The summed E-state index contributed by atoms with van der Waals surface area (Å²) >= 11 is 0. The number of nitrogens with two attached hydrogens (primary N) is 1. The van der Waals surface area contributed by atoms with Gasteiger partial charge in [-0.15, -0.1) is 0 Å². The number of benzene rings is 2. The van der Waals surface area contributed by atoms with E-state index in [4.69, 9.17) is 11.0 Å². The average Bonchev–Trinajstić information content (AvgIpc) is 2.42. The van der Waals surface area contributed by atoms with Gasteiger partial charge >= 0.3 is 0 Å². The largest absolute Gasteiger partial charge is 0.505 e. The first kappa shape index (κ1) is 12.5. The number of rotatable bonds is 2. The molecule has 2 rings (SSSR count). The highest BCUT2D eigenvalue weighted by Gasteiger charge is 2.13. The second kappa shape index (κ2) is 5.10. The van der Waals surface area contributed by atoms with Crippen LogP contribution in [0.15, 0.2) is 42.5 Å². The first-order chi connectivity index (χ1) is 9.11. The Bertz CT molecular complexity index is 675. The number of nitrogens with zero attached hydrogens (tertiary/aromatic N) is 1. The highest BCUT2D eigenvalue weighted by Crippen LogP contribution is 2.25. The van der Waals surface area contributed by atoms with E-state index in [0.717, 1.165) is 0 Å². The molecule has 0 aromatic heterocycles. The molecule has 0 atom stereocenters. The van der Waals surface area contributed by atoms with Gasteiger partial charge in [-0.25, -0.2) is 0 Å². The van der Waals surface area contributed by atoms with Gasteiger partial charge in [0.25, 0.3) is 5.91 Å². The number of carbonyl (C=O) groups excluding carboxylic acids is 1. The van der Waals surface area contributed by atoms with Crippen molar-refractivity contribution in [1.82, 2.24) is 0 Å². The highest BCUT2D eigenvalue weighted by atomic mass is 16.3. The molecular weight excluding hydrogens is 242 g/mol. The lowest BCUT2D eigenvalue weighted by Crippen LogP contribution is -2.12. The van der Waals surface area contributed by atoms with Crippen molar-refractivity contribution in [2.75, 3.05) is 11.1 Å². The minimum Gasteiger partial charge on any atom is -0.505 e. The molecule has 0 bridgehead atoms. The molecule has 19 heavy (non-hydrogen) atoms. The molecule has 0 spiro atoms. The van der Waals surface area contributed by atoms with Gasteiger partial charge < -0.3 is 16.2 Å². The maximum atomic E-state index is 12.0. The van der Waals surface area contributed by atoms with E-state index in [1.807, 2.05) is 6.07 Å². The number of phenolic OH excluding ortho intramolecular Hbond substituents is 1. The second-order valence-corrected chi connectivity index (χ2v) is 3.89. The van der Waals surface area contributed by atoms with Crippen LogP contribution in [-0.2, 0) is 0 Å². The molecule has 0 aliphatic heterocycles. The van der Waals surface area contributed by atoms with Gasteiger partial charge in [-0.05, 0) is 30.3 Å². The monoisotopic (exact) mass is 253 g/mol. The molecule has 1 amide bonds. The third-order valence-corrected chi connectivity index (χ3v) is 2.56. The van der Waals surface area contributed by atoms with E-state index in [-0.39, 0.29) is 17.0 Å². The Morgan fingerprint density at radius 3 is 2.74 bits per heavy atom. The molecule has 0 unspecified atom stereocenters.